The molecule has 3 rings (SSSR count). The van der Waals surface area contributed by atoms with E-state index >= 15 is 0 Å². The number of esters is 1. The Morgan fingerprint density at radius 3 is 2.61 bits per heavy atom. The van der Waals surface area contributed by atoms with Gasteiger partial charge in [0, 0.05) is 46.0 Å². The highest BCUT2D eigenvalue weighted by molar-refractivity contribution is 14.0. The van der Waals surface area contributed by atoms with Crippen molar-refractivity contribution in [2.24, 2.45) is 10.9 Å². The number of carbonyl (C=O) groups excluding carboxylic acids is 1. The van der Waals surface area contributed by atoms with Gasteiger partial charge in [-0.05, 0) is 49.8 Å². The molecule has 2 saturated heterocycles. The van der Waals surface area contributed by atoms with Gasteiger partial charge in [-0.2, -0.15) is 0 Å². The highest BCUT2D eigenvalue weighted by Crippen LogP contribution is 2.20. The fourth-order valence-corrected chi connectivity index (χ4v) is 3.87. The molecule has 8 heteroatoms. The molecule has 0 spiro atoms. The lowest BCUT2D eigenvalue weighted by Gasteiger charge is -2.33. The Morgan fingerprint density at radius 1 is 1.25 bits per heavy atom. The first-order valence-corrected chi connectivity index (χ1v) is 9.94. The Hall–Kier alpha value is -1.58. The first-order valence-electron chi connectivity index (χ1n) is 9.94. The van der Waals surface area contributed by atoms with Crippen molar-refractivity contribution < 1.29 is 9.53 Å². The smallest absolute Gasteiger partial charge is 0.308 e. The van der Waals surface area contributed by atoms with E-state index in [1.54, 1.807) is 7.05 Å². The van der Waals surface area contributed by atoms with Gasteiger partial charge in [0.05, 0.1) is 13.0 Å². The molecule has 1 aromatic rings. The summed E-state index contributed by atoms with van der Waals surface area (Å²) in [6, 6.07) is 4.23. The van der Waals surface area contributed by atoms with Gasteiger partial charge in [0.15, 0.2) is 5.96 Å². The molecule has 2 fully saturated rings. The number of hydrogen-bond acceptors (Lipinski definition) is 5. The number of likely N-dealkylation sites (tertiary alicyclic amines) is 1. The monoisotopic (exact) mass is 501 g/mol. The largest absolute Gasteiger partial charge is 0.469 e. The number of hydrogen-bond donors (Lipinski definition) is 1. The number of aromatic nitrogens is 1. The zero-order chi connectivity index (χ0) is 19.1. The molecule has 0 unspecified atom stereocenters. The molecule has 28 heavy (non-hydrogen) atoms. The van der Waals surface area contributed by atoms with E-state index in [2.05, 4.69) is 37.2 Å². The minimum absolute atomic E-state index is 0. The molecule has 0 atom stereocenters. The summed E-state index contributed by atoms with van der Waals surface area (Å²) in [5, 5.41) is 3.46. The molecule has 0 bridgehead atoms. The van der Waals surface area contributed by atoms with Crippen LogP contribution in [0, 0.1) is 5.92 Å². The van der Waals surface area contributed by atoms with Crippen LogP contribution in [0.5, 0.6) is 0 Å². The lowest BCUT2D eigenvalue weighted by molar-refractivity contribution is -0.146. The van der Waals surface area contributed by atoms with Crippen molar-refractivity contribution in [1.82, 2.24) is 15.2 Å². The third-order valence-electron chi connectivity index (χ3n) is 5.48. The van der Waals surface area contributed by atoms with Crippen LogP contribution in [-0.2, 0) is 16.1 Å². The van der Waals surface area contributed by atoms with Gasteiger partial charge in [-0.1, -0.05) is 0 Å². The molecule has 0 aromatic carbocycles. The summed E-state index contributed by atoms with van der Waals surface area (Å²) in [6.45, 7) is 4.54. The fourth-order valence-electron chi connectivity index (χ4n) is 3.87. The second-order valence-corrected chi connectivity index (χ2v) is 7.26. The number of nitrogens with zero attached hydrogens (tertiary/aromatic N) is 4. The van der Waals surface area contributed by atoms with Gasteiger partial charge in [0.25, 0.3) is 0 Å². The number of ether oxygens (including phenoxy) is 1. The number of piperidine rings is 2. The van der Waals surface area contributed by atoms with Crippen molar-refractivity contribution in [2.75, 3.05) is 45.2 Å². The van der Waals surface area contributed by atoms with Crippen molar-refractivity contribution >= 4 is 41.7 Å². The van der Waals surface area contributed by atoms with Crippen LogP contribution in [0.2, 0.25) is 0 Å². The topological polar surface area (TPSA) is 70.1 Å². The first kappa shape index (κ1) is 22.7. The van der Waals surface area contributed by atoms with E-state index < -0.39 is 0 Å². The van der Waals surface area contributed by atoms with Crippen LogP contribution >= 0.6 is 24.0 Å². The average molecular weight is 501 g/mol. The number of rotatable bonds is 4. The Bertz CT molecular complexity index is 656. The zero-order valence-electron chi connectivity index (χ0n) is 16.9. The van der Waals surface area contributed by atoms with Crippen LogP contribution < -0.4 is 10.2 Å². The van der Waals surface area contributed by atoms with Gasteiger partial charge >= 0.3 is 5.97 Å². The molecular formula is C20H32IN5O2. The summed E-state index contributed by atoms with van der Waals surface area (Å²) in [4.78, 5) is 25.2. The molecule has 3 heterocycles. The standard InChI is InChI=1S/C20H31N5O2.HI/c1-21-20(25-12-7-17(8-13-25)19(26)27-2)23-15-16-6-9-22-18(14-16)24-10-4-3-5-11-24;/h6,9,14,17H,3-5,7-8,10-13,15H2,1-2H3,(H,21,23);1H. The first-order chi connectivity index (χ1) is 13.2. The van der Waals surface area contributed by atoms with Crippen molar-refractivity contribution in [3.8, 4) is 0 Å². The molecular weight excluding hydrogens is 469 g/mol. The van der Waals surface area contributed by atoms with E-state index in [1.165, 1.54) is 31.9 Å². The van der Waals surface area contributed by atoms with E-state index in [1.807, 2.05) is 6.20 Å². The van der Waals surface area contributed by atoms with Crippen molar-refractivity contribution in [2.45, 2.75) is 38.6 Å². The van der Waals surface area contributed by atoms with Crippen molar-refractivity contribution in [3.05, 3.63) is 23.9 Å². The SMILES string of the molecule is CN=C(NCc1ccnc(N2CCCCC2)c1)N1CCC(C(=O)OC)CC1.I. The average Bonchev–Trinajstić information content (AvgIpc) is 2.75. The molecule has 7 nitrogen and oxygen atoms in total. The normalized spacial score (nSPS) is 18.4. The van der Waals surface area contributed by atoms with E-state index in [-0.39, 0.29) is 35.9 Å². The lowest BCUT2D eigenvalue weighted by atomic mass is 9.97. The zero-order valence-corrected chi connectivity index (χ0v) is 19.2. The summed E-state index contributed by atoms with van der Waals surface area (Å²) in [7, 11) is 3.27. The Labute approximate surface area is 184 Å². The number of aliphatic imine (C=N–C) groups is 1. The predicted octanol–water partition coefficient (Wildman–Crippen LogP) is 2.65. The summed E-state index contributed by atoms with van der Waals surface area (Å²) >= 11 is 0. The summed E-state index contributed by atoms with van der Waals surface area (Å²) in [5.41, 5.74) is 1.20. The molecule has 156 valence electrons. The number of nitrogens with one attached hydrogen (secondary N) is 1. The van der Waals surface area contributed by atoms with E-state index in [9.17, 15) is 4.79 Å². The molecule has 1 N–H and O–H groups in total. The lowest BCUT2D eigenvalue weighted by Crippen LogP contribution is -2.46. The molecule has 0 radical (unpaired) electrons. The van der Waals surface area contributed by atoms with Crippen LogP contribution in [0.3, 0.4) is 0 Å². The quantitative estimate of drug-likeness (QED) is 0.296. The van der Waals surface area contributed by atoms with Crippen molar-refractivity contribution in [3.63, 3.8) is 0 Å². The van der Waals surface area contributed by atoms with Crippen LogP contribution in [0.15, 0.2) is 23.3 Å². The third-order valence-corrected chi connectivity index (χ3v) is 5.48. The molecule has 1 aromatic heterocycles. The summed E-state index contributed by atoms with van der Waals surface area (Å²) < 4.78 is 4.87. The highest BCUT2D eigenvalue weighted by atomic mass is 127. The Kier molecular flexibility index (Phi) is 9.27. The minimum Gasteiger partial charge on any atom is -0.469 e. The molecule has 0 amide bonds. The maximum Gasteiger partial charge on any atom is 0.308 e. The highest BCUT2D eigenvalue weighted by Gasteiger charge is 2.26. The van der Waals surface area contributed by atoms with Crippen LogP contribution in [0.4, 0.5) is 5.82 Å². The number of halogens is 1. The van der Waals surface area contributed by atoms with Gasteiger partial charge in [0.2, 0.25) is 0 Å². The molecule has 0 saturated carbocycles. The summed E-state index contributed by atoms with van der Waals surface area (Å²) in [5.74, 6) is 1.87. The molecule has 2 aliphatic heterocycles. The number of guanidine groups is 1. The van der Waals surface area contributed by atoms with E-state index in [0.717, 1.165) is 50.8 Å². The fraction of sp³-hybridized carbons (Fsp3) is 0.650. The van der Waals surface area contributed by atoms with E-state index in [0.29, 0.717) is 6.54 Å². The molecule has 2 aliphatic rings. The maximum absolute atomic E-state index is 11.7. The third kappa shape index (κ3) is 5.96. The van der Waals surface area contributed by atoms with Gasteiger partial charge in [-0.3, -0.25) is 9.79 Å². The van der Waals surface area contributed by atoms with Gasteiger partial charge in [-0.15, -0.1) is 24.0 Å². The maximum atomic E-state index is 11.7. The molecule has 0 aliphatic carbocycles. The van der Waals surface area contributed by atoms with Crippen LogP contribution in [0.1, 0.15) is 37.7 Å². The van der Waals surface area contributed by atoms with Gasteiger partial charge in [-0.25, -0.2) is 4.98 Å². The Morgan fingerprint density at radius 2 is 1.96 bits per heavy atom. The summed E-state index contributed by atoms with van der Waals surface area (Å²) in [6.07, 6.45) is 7.33. The van der Waals surface area contributed by atoms with Crippen LogP contribution in [0.25, 0.3) is 0 Å². The van der Waals surface area contributed by atoms with Crippen molar-refractivity contribution in [1.29, 1.82) is 0 Å². The minimum atomic E-state index is -0.0976. The number of anilines is 1. The van der Waals surface area contributed by atoms with Gasteiger partial charge in [0.1, 0.15) is 5.82 Å². The predicted molar refractivity (Wildman–Crippen MR) is 122 cm³/mol. The van der Waals surface area contributed by atoms with Gasteiger partial charge < -0.3 is 19.9 Å². The van der Waals surface area contributed by atoms with Crippen LogP contribution in [-0.4, -0.2) is 62.1 Å². The Balaban J connectivity index is 0.00000280. The number of carbonyl (C=O) groups is 1. The second kappa shape index (κ2) is 11.4. The number of pyridine rings is 1. The van der Waals surface area contributed by atoms with E-state index in [4.69, 9.17) is 4.74 Å². The number of methoxy groups -OCH3 is 1. The second-order valence-electron chi connectivity index (χ2n) is 7.26.